The molecule has 0 aliphatic carbocycles. The molecule has 0 aliphatic heterocycles. The highest BCUT2D eigenvalue weighted by molar-refractivity contribution is 6.01. The van der Waals surface area contributed by atoms with E-state index in [1.165, 1.54) is 0 Å². The van der Waals surface area contributed by atoms with Gasteiger partial charge < -0.3 is 0 Å². The maximum atomic E-state index is 11.0. The molecule has 2 aromatic rings. The largest absolute Gasteiger partial charge is 0.298 e. The first-order valence-electron chi connectivity index (χ1n) is 4.46. The number of carbonyl (C=O) groups excluding carboxylic acids is 1. The SMILES string of the molecule is C=Cc1ccc2ccccc2c1C=O. The van der Waals surface area contributed by atoms with E-state index in [4.69, 9.17) is 0 Å². The van der Waals surface area contributed by atoms with Crippen molar-refractivity contribution in [2.45, 2.75) is 0 Å². The predicted octanol–water partition coefficient (Wildman–Crippen LogP) is 3.30. The number of rotatable bonds is 2. The number of hydrogen-bond acceptors (Lipinski definition) is 1. The van der Waals surface area contributed by atoms with Gasteiger partial charge in [-0.3, -0.25) is 4.79 Å². The zero-order valence-electron chi connectivity index (χ0n) is 7.73. The van der Waals surface area contributed by atoms with E-state index in [-0.39, 0.29) is 0 Å². The molecule has 0 radical (unpaired) electrons. The zero-order valence-corrected chi connectivity index (χ0v) is 7.73. The third-order valence-electron chi connectivity index (χ3n) is 2.34. The minimum Gasteiger partial charge on any atom is -0.298 e. The van der Waals surface area contributed by atoms with E-state index in [0.717, 1.165) is 28.2 Å². The lowest BCUT2D eigenvalue weighted by atomic mass is 10.00. The van der Waals surface area contributed by atoms with Crippen molar-refractivity contribution in [2.24, 2.45) is 0 Å². The van der Waals surface area contributed by atoms with Crippen LogP contribution in [0.5, 0.6) is 0 Å². The number of aldehydes is 1. The number of benzene rings is 2. The van der Waals surface area contributed by atoms with Crippen molar-refractivity contribution < 1.29 is 4.79 Å². The maximum Gasteiger partial charge on any atom is 0.151 e. The van der Waals surface area contributed by atoms with Gasteiger partial charge in [0.15, 0.2) is 6.29 Å². The second kappa shape index (κ2) is 3.46. The van der Waals surface area contributed by atoms with Gasteiger partial charge in [-0.1, -0.05) is 49.1 Å². The third-order valence-corrected chi connectivity index (χ3v) is 2.34. The van der Waals surface area contributed by atoms with E-state index < -0.39 is 0 Å². The molecule has 0 heterocycles. The molecule has 14 heavy (non-hydrogen) atoms. The molecule has 0 atom stereocenters. The highest BCUT2D eigenvalue weighted by Gasteiger charge is 2.02. The fourth-order valence-electron chi connectivity index (χ4n) is 1.62. The topological polar surface area (TPSA) is 17.1 Å². The molecule has 0 bridgehead atoms. The second-order valence-electron chi connectivity index (χ2n) is 3.11. The Balaban J connectivity index is 2.90. The van der Waals surface area contributed by atoms with E-state index in [0.29, 0.717) is 0 Å². The van der Waals surface area contributed by atoms with Gasteiger partial charge in [-0.15, -0.1) is 0 Å². The average Bonchev–Trinajstić information content (AvgIpc) is 2.27. The Morgan fingerprint density at radius 1 is 1.07 bits per heavy atom. The Hall–Kier alpha value is -1.89. The van der Waals surface area contributed by atoms with Gasteiger partial charge in [-0.05, 0) is 16.3 Å². The van der Waals surface area contributed by atoms with Gasteiger partial charge in [0.2, 0.25) is 0 Å². The average molecular weight is 182 g/mol. The molecule has 0 aliphatic rings. The quantitative estimate of drug-likeness (QED) is 0.651. The van der Waals surface area contributed by atoms with Crippen LogP contribution in [-0.4, -0.2) is 6.29 Å². The highest BCUT2D eigenvalue weighted by Crippen LogP contribution is 2.21. The smallest absolute Gasteiger partial charge is 0.151 e. The molecule has 0 fully saturated rings. The molecule has 2 rings (SSSR count). The van der Waals surface area contributed by atoms with Gasteiger partial charge in [-0.2, -0.15) is 0 Å². The molecule has 68 valence electrons. The Labute approximate surface area is 82.7 Å². The molecule has 0 N–H and O–H groups in total. The molecular formula is C13H10O. The monoisotopic (exact) mass is 182 g/mol. The summed E-state index contributed by atoms with van der Waals surface area (Å²) in [6, 6.07) is 11.8. The summed E-state index contributed by atoms with van der Waals surface area (Å²) in [7, 11) is 0. The lowest BCUT2D eigenvalue weighted by Gasteiger charge is -2.03. The van der Waals surface area contributed by atoms with Crippen LogP contribution >= 0.6 is 0 Å². The molecule has 0 saturated carbocycles. The first kappa shape index (κ1) is 8.70. The van der Waals surface area contributed by atoms with Crippen LogP contribution in [0.3, 0.4) is 0 Å². The van der Waals surface area contributed by atoms with Crippen molar-refractivity contribution in [1.82, 2.24) is 0 Å². The summed E-state index contributed by atoms with van der Waals surface area (Å²) >= 11 is 0. The van der Waals surface area contributed by atoms with Crippen molar-refractivity contribution in [2.75, 3.05) is 0 Å². The fraction of sp³-hybridized carbons (Fsp3) is 0. The van der Waals surface area contributed by atoms with E-state index in [1.54, 1.807) is 6.08 Å². The molecule has 0 saturated heterocycles. The third kappa shape index (κ3) is 1.23. The van der Waals surface area contributed by atoms with Gasteiger partial charge in [0.05, 0.1) is 0 Å². The lowest BCUT2D eigenvalue weighted by Crippen LogP contribution is -1.87. The van der Waals surface area contributed by atoms with E-state index in [1.807, 2.05) is 36.4 Å². The van der Waals surface area contributed by atoms with Crippen LogP contribution in [0.15, 0.2) is 43.0 Å². The van der Waals surface area contributed by atoms with Crippen LogP contribution < -0.4 is 0 Å². The summed E-state index contributed by atoms with van der Waals surface area (Å²) in [5.41, 5.74) is 1.61. The van der Waals surface area contributed by atoms with Crippen LogP contribution in [0.25, 0.3) is 16.8 Å². The van der Waals surface area contributed by atoms with Crippen LogP contribution in [0.4, 0.5) is 0 Å². The van der Waals surface area contributed by atoms with Crippen LogP contribution in [0.1, 0.15) is 15.9 Å². The van der Waals surface area contributed by atoms with Crippen molar-refractivity contribution in [3.8, 4) is 0 Å². The first-order valence-corrected chi connectivity index (χ1v) is 4.46. The molecule has 1 nitrogen and oxygen atoms in total. The minimum absolute atomic E-state index is 0.720. The Morgan fingerprint density at radius 2 is 1.86 bits per heavy atom. The van der Waals surface area contributed by atoms with Crippen LogP contribution in [0.2, 0.25) is 0 Å². The Kier molecular flexibility index (Phi) is 2.15. The van der Waals surface area contributed by atoms with Crippen molar-refractivity contribution >= 4 is 23.1 Å². The molecule has 0 amide bonds. The van der Waals surface area contributed by atoms with Gasteiger partial charge >= 0.3 is 0 Å². The summed E-state index contributed by atoms with van der Waals surface area (Å²) in [6.07, 6.45) is 2.59. The van der Waals surface area contributed by atoms with Gasteiger partial charge in [0.1, 0.15) is 0 Å². The van der Waals surface area contributed by atoms with E-state index in [9.17, 15) is 4.79 Å². The summed E-state index contributed by atoms with van der Waals surface area (Å²) in [5.74, 6) is 0. The van der Waals surface area contributed by atoms with Crippen molar-refractivity contribution in [3.63, 3.8) is 0 Å². The lowest BCUT2D eigenvalue weighted by molar-refractivity contribution is 0.112. The summed E-state index contributed by atoms with van der Waals surface area (Å²) < 4.78 is 0. The molecule has 1 heteroatoms. The first-order chi connectivity index (χ1) is 6.86. The number of fused-ring (bicyclic) bond motifs is 1. The van der Waals surface area contributed by atoms with E-state index in [2.05, 4.69) is 6.58 Å². The molecule has 0 spiro atoms. The maximum absolute atomic E-state index is 11.0. The molecule has 0 unspecified atom stereocenters. The Bertz CT molecular complexity index is 498. The second-order valence-corrected chi connectivity index (χ2v) is 3.11. The summed E-state index contributed by atoms with van der Waals surface area (Å²) in [5, 5.41) is 2.07. The minimum atomic E-state index is 0.720. The normalized spacial score (nSPS) is 10.0. The van der Waals surface area contributed by atoms with Crippen molar-refractivity contribution in [3.05, 3.63) is 54.1 Å². The summed E-state index contributed by atoms with van der Waals surface area (Å²) in [6.45, 7) is 3.69. The fourth-order valence-corrected chi connectivity index (χ4v) is 1.62. The van der Waals surface area contributed by atoms with Gasteiger partial charge in [0.25, 0.3) is 0 Å². The summed E-state index contributed by atoms with van der Waals surface area (Å²) in [4.78, 5) is 11.0. The van der Waals surface area contributed by atoms with Gasteiger partial charge in [0, 0.05) is 5.56 Å². The van der Waals surface area contributed by atoms with Gasteiger partial charge in [-0.25, -0.2) is 0 Å². The molecule has 2 aromatic carbocycles. The van der Waals surface area contributed by atoms with Crippen LogP contribution in [0, 0.1) is 0 Å². The molecular weight excluding hydrogens is 172 g/mol. The Morgan fingerprint density at radius 3 is 2.57 bits per heavy atom. The highest BCUT2D eigenvalue weighted by atomic mass is 16.1. The molecule has 0 aromatic heterocycles. The van der Waals surface area contributed by atoms with Crippen molar-refractivity contribution in [1.29, 1.82) is 0 Å². The predicted molar refractivity (Wildman–Crippen MR) is 59.4 cm³/mol. The number of hydrogen-bond donors (Lipinski definition) is 0. The number of carbonyl (C=O) groups is 1. The van der Waals surface area contributed by atoms with Crippen LogP contribution in [-0.2, 0) is 0 Å². The van der Waals surface area contributed by atoms with E-state index >= 15 is 0 Å². The zero-order chi connectivity index (χ0) is 9.97. The standard InChI is InChI=1S/C13H10O/c1-2-10-7-8-11-5-3-4-6-12(11)13(10)9-14/h2-9H,1H2.